The number of amides is 1. The third kappa shape index (κ3) is 3.67. The van der Waals surface area contributed by atoms with Gasteiger partial charge in [-0.1, -0.05) is 38.1 Å². The van der Waals surface area contributed by atoms with Crippen LogP contribution in [0.5, 0.6) is 0 Å². The molecule has 0 spiro atoms. The summed E-state index contributed by atoms with van der Waals surface area (Å²) in [5.74, 6) is 0.639. The molecule has 1 amide bonds. The van der Waals surface area contributed by atoms with Gasteiger partial charge >= 0.3 is 0 Å². The molecule has 0 unspecified atom stereocenters. The van der Waals surface area contributed by atoms with Gasteiger partial charge in [0.05, 0.1) is 5.69 Å². The number of hydrogen-bond acceptors (Lipinski definition) is 4. The number of sulfonamides is 1. The first kappa shape index (κ1) is 19.6. The van der Waals surface area contributed by atoms with Gasteiger partial charge in [0.15, 0.2) is 0 Å². The van der Waals surface area contributed by atoms with Gasteiger partial charge in [0.25, 0.3) is 15.9 Å². The number of fused-ring (bicyclic) bond motifs is 2. The van der Waals surface area contributed by atoms with Crippen LogP contribution in [0.3, 0.4) is 0 Å². The quantitative estimate of drug-likeness (QED) is 0.775. The standard InChI is InChI=1S/C22H25N3O3S/c1-15(2)13-25-16(3)23-29(27,28)21-12-18(8-9-20(21)25)22(26)24-11-10-17-6-4-5-7-19(17)14-24/h4-9,12,15H,10-11,13-14H2,1-3H3. The van der Waals surface area contributed by atoms with Crippen molar-refractivity contribution >= 4 is 27.5 Å². The number of amidine groups is 1. The van der Waals surface area contributed by atoms with Crippen molar-refractivity contribution < 1.29 is 13.2 Å². The van der Waals surface area contributed by atoms with Crippen molar-refractivity contribution in [3.63, 3.8) is 0 Å². The fourth-order valence-corrected chi connectivity index (χ4v) is 5.23. The summed E-state index contributed by atoms with van der Waals surface area (Å²) in [6.45, 7) is 7.66. The molecule has 29 heavy (non-hydrogen) atoms. The van der Waals surface area contributed by atoms with E-state index in [-0.39, 0.29) is 10.8 Å². The van der Waals surface area contributed by atoms with E-state index in [0.29, 0.717) is 42.6 Å². The van der Waals surface area contributed by atoms with E-state index in [1.807, 2.05) is 23.1 Å². The van der Waals surface area contributed by atoms with Crippen molar-refractivity contribution in [2.24, 2.45) is 10.3 Å². The van der Waals surface area contributed by atoms with Gasteiger partial charge in [0, 0.05) is 25.2 Å². The van der Waals surface area contributed by atoms with Gasteiger partial charge in [-0.2, -0.15) is 8.42 Å². The van der Waals surface area contributed by atoms with Crippen LogP contribution in [0.1, 0.15) is 42.3 Å². The van der Waals surface area contributed by atoms with Crippen molar-refractivity contribution in [2.75, 3.05) is 18.0 Å². The molecule has 0 aliphatic carbocycles. The fourth-order valence-electron chi connectivity index (χ4n) is 3.97. The topological polar surface area (TPSA) is 70.0 Å². The number of carbonyl (C=O) groups is 1. The summed E-state index contributed by atoms with van der Waals surface area (Å²) in [7, 11) is -3.82. The smallest absolute Gasteiger partial charge is 0.286 e. The molecule has 0 fully saturated rings. The molecule has 7 heteroatoms. The van der Waals surface area contributed by atoms with Crippen LogP contribution in [0.4, 0.5) is 5.69 Å². The third-order valence-corrected chi connectivity index (χ3v) is 6.77. The predicted molar refractivity (Wildman–Crippen MR) is 114 cm³/mol. The second-order valence-electron chi connectivity index (χ2n) is 8.05. The maximum Gasteiger partial charge on any atom is 0.286 e. The Morgan fingerprint density at radius 3 is 2.59 bits per heavy atom. The van der Waals surface area contributed by atoms with E-state index >= 15 is 0 Å². The molecule has 6 nitrogen and oxygen atoms in total. The van der Waals surface area contributed by atoms with Crippen molar-refractivity contribution in [1.29, 1.82) is 0 Å². The summed E-state index contributed by atoms with van der Waals surface area (Å²) < 4.78 is 29.3. The molecule has 0 saturated heterocycles. The van der Waals surface area contributed by atoms with Gasteiger partial charge < -0.3 is 9.80 Å². The van der Waals surface area contributed by atoms with Crippen LogP contribution in [0.2, 0.25) is 0 Å². The molecule has 0 bridgehead atoms. The fraction of sp³-hybridized carbons (Fsp3) is 0.364. The second kappa shape index (κ2) is 7.30. The minimum atomic E-state index is -3.82. The van der Waals surface area contributed by atoms with Gasteiger partial charge in [0.1, 0.15) is 10.7 Å². The minimum absolute atomic E-state index is 0.104. The number of nitrogens with zero attached hydrogens (tertiary/aromatic N) is 3. The minimum Gasteiger partial charge on any atom is -0.334 e. The van der Waals surface area contributed by atoms with Crippen LogP contribution in [-0.4, -0.2) is 38.2 Å². The highest BCUT2D eigenvalue weighted by Gasteiger charge is 2.31. The van der Waals surface area contributed by atoms with Crippen molar-refractivity contribution in [2.45, 2.75) is 38.6 Å². The van der Waals surface area contributed by atoms with Gasteiger partial charge in [-0.15, -0.1) is 4.40 Å². The zero-order valence-electron chi connectivity index (χ0n) is 16.9. The van der Waals surface area contributed by atoms with E-state index in [4.69, 9.17) is 0 Å². The van der Waals surface area contributed by atoms with E-state index in [1.165, 1.54) is 11.6 Å². The Bertz CT molecular complexity index is 1110. The maximum absolute atomic E-state index is 13.1. The first-order valence-electron chi connectivity index (χ1n) is 9.85. The van der Waals surface area contributed by atoms with Crippen LogP contribution >= 0.6 is 0 Å². The number of anilines is 1. The lowest BCUT2D eigenvalue weighted by Gasteiger charge is -2.32. The van der Waals surface area contributed by atoms with Crippen LogP contribution in [-0.2, 0) is 23.0 Å². The van der Waals surface area contributed by atoms with E-state index in [2.05, 4.69) is 24.3 Å². The Hall–Kier alpha value is -2.67. The molecule has 2 aromatic rings. The third-order valence-electron chi connectivity index (χ3n) is 5.38. The van der Waals surface area contributed by atoms with E-state index < -0.39 is 10.0 Å². The largest absolute Gasteiger partial charge is 0.334 e. The molecule has 0 saturated carbocycles. The lowest BCUT2D eigenvalue weighted by molar-refractivity contribution is 0.0734. The van der Waals surface area contributed by atoms with Gasteiger partial charge in [-0.05, 0) is 48.6 Å². The Kier molecular flexibility index (Phi) is 4.94. The van der Waals surface area contributed by atoms with Crippen LogP contribution in [0.25, 0.3) is 0 Å². The average Bonchev–Trinajstić information content (AvgIpc) is 2.69. The zero-order valence-corrected chi connectivity index (χ0v) is 17.7. The molecule has 0 atom stereocenters. The van der Waals surface area contributed by atoms with Gasteiger partial charge in [0.2, 0.25) is 0 Å². The maximum atomic E-state index is 13.1. The summed E-state index contributed by atoms with van der Waals surface area (Å²) in [5, 5.41) is 0. The first-order valence-corrected chi connectivity index (χ1v) is 11.3. The number of carbonyl (C=O) groups excluding carboxylic acids is 1. The van der Waals surface area contributed by atoms with E-state index in [1.54, 1.807) is 24.0 Å². The summed E-state index contributed by atoms with van der Waals surface area (Å²) in [6, 6.07) is 13.1. The summed E-state index contributed by atoms with van der Waals surface area (Å²) >= 11 is 0. The predicted octanol–water partition coefficient (Wildman–Crippen LogP) is 3.47. The monoisotopic (exact) mass is 411 g/mol. The van der Waals surface area contributed by atoms with Gasteiger partial charge in [-0.3, -0.25) is 4.79 Å². The average molecular weight is 412 g/mol. The molecule has 0 radical (unpaired) electrons. The van der Waals surface area contributed by atoms with Crippen molar-refractivity contribution in [3.8, 4) is 0 Å². The Morgan fingerprint density at radius 1 is 1.14 bits per heavy atom. The number of hydrogen-bond donors (Lipinski definition) is 0. The lowest BCUT2D eigenvalue weighted by Crippen LogP contribution is -2.38. The number of rotatable bonds is 3. The Labute approximate surface area is 171 Å². The summed E-state index contributed by atoms with van der Waals surface area (Å²) in [6.07, 6.45) is 0.802. The Morgan fingerprint density at radius 2 is 1.86 bits per heavy atom. The highest BCUT2D eigenvalue weighted by molar-refractivity contribution is 7.90. The molecular formula is C22H25N3O3S. The molecule has 2 aliphatic rings. The molecule has 2 aliphatic heterocycles. The van der Waals surface area contributed by atoms with E-state index in [9.17, 15) is 13.2 Å². The van der Waals surface area contributed by atoms with E-state index in [0.717, 1.165) is 12.0 Å². The summed E-state index contributed by atoms with van der Waals surface area (Å²) in [5.41, 5.74) is 3.37. The molecule has 0 N–H and O–H groups in total. The molecular weight excluding hydrogens is 386 g/mol. The van der Waals surface area contributed by atoms with Crippen LogP contribution in [0, 0.1) is 5.92 Å². The molecule has 2 aromatic carbocycles. The van der Waals surface area contributed by atoms with Crippen LogP contribution in [0.15, 0.2) is 51.8 Å². The zero-order chi connectivity index (χ0) is 20.8. The molecule has 4 rings (SSSR count). The summed E-state index contributed by atoms with van der Waals surface area (Å²) in [4.78, 5) is 16.9. The highest BCUT2D eigenvalue weighted by Crippen LogP contribution is 2.33. The SMILES string of the molecule is CC1=NS(=O)(=O)c2cc(C(=O)N3CCc4ccccc4C3)ccc2N1CC(C)C. The van der Waals surface area contributed by atoms with Crippen molar-refractivity contribution in [1.82, 2.24) is 4.90 Å². The Balaban J connectivity index is 1.67. The molecule has 0 aromatic heterocycles. The van der Waals surface area contributed by atoms with Crippen LogP contribution < -0.4 is 4.90 Å². The van der Waals surface area contributed by atoms with Gasteiger partial charge in [-0.25, -0.2) is 0 Å². The second-order valence-corrected chi connectivity index (χ2v) is 9.62. The molecule has 2 heterocycles. The van der Waals surface area contributed by atoms with Crippen molar-refractivity contribution in [3.05, 3.63) is 59.2 Å². The molecule has 152 valence electrons. The number of benzene rings is 2. The normalized spacial score (nSPS) is 17.6. The lowest BCUT2D eigenvalue weighted by atomic mass is 9.99. The highest BCUT2D eigenvalue weighted by atomic mass is 32.2. The first-order chi connectivity index (χ1) is 13.8.